The second-order valence-electron chi connectivity index (χ2n) is 8.11. The van der Waals surface area contributed by atoms with Crippen molar-refractivity contribution in [3.05, 3.63) is 52.4 Å². The zero-order valence-electron chi connectivity index (χ0n) is 18.2. The van der Waals surface area contributed by atoms with Crippen LogP contribution in [0.4, 0.5) is 0 Å². The molecule has 2 fully saturated rings. The fourth-order valence-corrected chi connectivity index (χ4v) is 5.42. The molecule has 0 bridgehead atoms. The summed E-state index contributed by atoms with van der Waals surface area (Å²) in [5.41, 5.74) is 0.442. The summed E-state index contributed by atoms with van der Waals surface area (Å²) in [6.45, 7) is 3.85. The highest BCUT2D eigenvalue weighted by Gasteiger charge is 2.52. The molecule has 172 valence electrons. The quantitative estimate of drug-likeness (QED) is 0.299. The van der Waals surface area contributed by atoms with E-state index in [0.29, 0.717) is 43.0 Å². The third-order valence-electron chi connectivity index (χ3n) is 6.25. The first-order valence-electron chi connectivity index (χ1n) is 10.9. The number of thiophene rings is 1. The van der Waals surface area contributed by atoms with Crippen molar-refractivity contribution in [3.8, 4) is 5.75 Å². The van der Waals surface area contributed by atoms with Crippen LogP contribution in [-0.4, -0.2) is 73.8 Å². The Morgan fingerprint density at radius 1 is 1.15 bits per heavy atom. The molecule has 2 aliphatic heterocycles. The van der Waals surface area contributed by atoms with Gasteiger partial charge in [-0.1, -0.05) is 18.2 Å². The molecule has 5 rings (SSSR count). The molecule has 1 amide bonds. The van der Waals surface area contributed by atoms with Crippen LogP contribution in [0, 0.1) is 5.92 Å². The smallest absolute Gasteiger partial charge is 0.291 e. The summed E-state index contributed by atoms with van der Waals surface area (Å²) >= 11 is 1.43. The van der Waals surface area contributed by atoms with E-state index >= 15 is 0 Å². The van der Waals surface area contributed by atoms with Crippen molar-refractivity contribution in [2.24, 2.45) is 5.92 Å². The summed E-state index contributed by atoms with van der Waals surface area (Å²) in [5, 5.41) is 2.59. The number of benzene rings is 1. The van der Waals surface area contributed by atoms with E-state index in [0.717, 1.165) is 18.0 Å². The van der Waals surface area contributed by atoms with Crippen LogP contribution in [0.1, 0.15) is 21.5 Å². The predicted molar refractivity (Wildman–Crippen MR) is 122 cm³/mol. The summed E-state index contributed by atoms with van der Waals surface area (Å²) in [4.78, 5) is 44.3. The molecule has 2 aromatic heterocycles. The first-order valence-corrected chi connectivity index (χ1v) is 11.8. The summed E-state index contributed by atoms with van der Waals surface area (Å²) in [6.07, 6.45) is 0. The first kappa shape index (κ1) is 21.8. The maximum absolute atomic E-state index is 13.6. The number of Topliss-reactive ketones (excluding diaryl/α,β-unsaturated/α-hetero) is 2. The van der Waals surface area contributed by atoms with E-state index in [2.05, 4.69) is 4.90 Å². The summed E-state index contributed by atoms with van der Waals surface area (Å²) in [6, 6.07) is 10.0. The Labute approximate surface area is 194 Å². The van der Waals surface area contributed by atoms with E-state index < -0.39 is 29.4 Å². The van der Waals surface area contributed by atoms with E-state index in [1.165, 1.54) is 18.4 Å². The van der Waals surface area contributed by atoms with Gasteiger partial charge in [-0.3, -0.25) is 19.3 Å². The molecule has 1 aromatic carbocycles. The topological polar surface area (TPSA) is 89.3 Å². The average molecular weight is 469 g/mol. The van der Waals surface area contributed by atoms with Gasteiger partial charge in [0.2, 0.25) is 11.6 Å². The number of amides is 1. The summed E-state index contributed by atoms with van der Waals surface area (Å²) in [5.74, 6) is -2.38. The highest BCUT2D eigenvalue weighted by atomic mass is 32.1. The van der Waals surface area contributed by atoms with Crippen LogP contribution in [0.5, 0.6) is 5.75 Å². The normalized spacial score (nSPS) is 21.8. The number of morpholine rings is 1. The number of ether oxygens (including phenoxy) is 2. The first-order chi connectivity index (χ1) is 16.1. The van der Waals surface area contributed by atoms with Crippen molar-refractivity contribution < 1.29 is 28.3 Å². The standard InChI is InChI=1S/C24H24N2O6S/c1-30-16-5-2-4-15-14-17(32-23(15)16)21(27)19-20(18-6-3-13-33-18)26(24(29)22(19)28)8-7-25-9-11-31-12-10-25/h2-6,13-14,19-20H,7-12H2,1H3. The van der Waals surface area contributed by atoms with E-state index in [4.69, 9.17) is 13.9 Å². The number of methoxy groups -OCH3 is 1. The number of hydrogen-bond acceptors (Lipinski definition) is 8. The second-order valence-corrected chi connectivity index (χ2v) is 9.09. The van der Waals surface area contributed by atoms with Crippen LogP contribution in [0.15, 0.2) is 46.2 Å². The van der Waals surface area contributed by atoms with E-state index in [9.17, 15) is 14.4 Å². The van der Waals surface area contributed by atoms with Gasteiger partial charge in [0.25, 0.3) is 5.91 Å². The predicted octanol–water partition coefficient (Wildman–Crippen LogP) is 2.79. The van der Waals surface area contributed by atoms with Crippen molar-refractivity contribution in [2.45, 2.75) is 6.04 Å². The Kier molecular flexibility index (Phi) is 6.01. The average Bonchev–Trinajstić information content (AvgIpc) is 3.57. The third-order valence-corrected chi connectivity index (χ3v) is 7.20. The number of para-hydroxylation sites is 1. The molecule has 8 nitrogen and oxygen atoms in total. The second kappa shape index (κ2) is 9.09. The van der Waals surface area contributed by atoms with Crippen LogP contribution < -0.4 is 4.74 Å². The molecule has 2 aliphatic rings. The molecular weight excluding hydrogens is 444 g/mol. The van der Waals surface area contributed by atoms with E-state index in [1.54, 1.807) is 23.1 Å². The minimum Gasteiger partial charge on any atom is -0.493 e. The van der Waals surface area contributed by atoms with E-state index in [1.807, 2.05) is 23.6 Å². The Hall–Kier alpha value is -3.01. The Balaban J connectivity index is 1.47. The molecule has 2 atom stereocenters. The molecular formula is C24H24N2O6S. The number of carbonyl (C=O) groups excluding carboxylic acids is 3. The number of rotatable bonds is 7. The molecule has 2 unspecified atom stereocenters. The minimum atomic E-state index is -1.15. The fourth-order valence-electron chi connectivity index (χ4n) is 4.55. The van der Waals surface area contributed by atoms with Gasteiger partial charge in [0, 0.05) is 36.4 Å². The van der Waals surface area contributed by atoms with Crippen LogP contribution in [0.25, 0.3) is 11.0 Å². The highest BCUT2D eigenvalue weighted by Crippen LogP contribution is 2.41. The van der Waals surface area contributed by atoms with Gasteiger partial charge in [-0.2, -0.15) is 0 Å². The zero-order valence-corrected chi connectivity index (χ0v) is 19.0. The summed E-state index contributed by atoms with van der Waals surface area (Å²) < 4.78 is 16.5. The van der Waals surface area contributed by atoms with Crippen molar-refractivity contribution in [2.75, 3.05) is 46.5 Å². The largest absolute Gasteiger partial charge is 0.493 e. The lowest BCUT2D eigenvalue weighted by atomic mass is 9.91. The lowest BCUT2D eigenvalue weighted by Gasteiger charge is -2.31. The van der Waals surface area contributed by atoms with Gasteiger partial charge in [0.05, 0.1) is 26.4 Å². The number of fused-ring (bicyclic) bond motifs is 1. The third kappa shape index (κ3) is 3.96. The van der Waals surface area contributed by atoms with Gasteiger partial charge in [0.15, 0.2) is 17.1 Å². The number of likely N-dealkylation sites (tertiary alicyclic amines) is 1. The van der Waals surface area contributed by atoms with Gasteiger partial charge >= 0.3 is 0 Å². The van der Waals surface area contributed by atoms with Gasteiger partial charge in [-0.15, -0.1) is 11.3 Å². The molecule has 4 heterocycles. The van der Waals surface area contributed by atoms with Crippen molar-refractivity contribution in [1.29, 1.82) is 0 Å². The van der Waals surface area contributed by atoms with Gasteiger partial charge in [0.1, 0.15) is 5.92 Å². The lowest BCUT2D eigenvalue weighted by Crippen LogP contribution is -2.42. The van der Waals surface area contributed by atoms with Gasteiger partial charge < -0.3 is 18.8 Å². The highest BCUT2D eigenvalue weighted by molar-refractivity contribution is 7.10. The van der Waals surface area contributed by atoms with Gasteiger partial charge in [-0.05, 0) is 23.6 Å². The maximum Gasteiger partial charge on any atom is 0.291 e. The number of hydrogen-bond donors (Lipinski definition) is 0. The SMILES string of the molecule is COc1cccc2cc(C(=O)C3C(=O)C(=O)N(CCN4CCOCC4)C3c3cccs3)oc12. The zero-order chi connectivity index (χ0) is 22.9. The minimum absolute atomic E-state index is 0.0530. The van der Waals surface area contributed by atoms with Crippen molar-refractivity contribution in [3.63, 3.8) is 0 Å². The Morgan fingerprint density at radius 3 is 2.70 bits per heavy atom. The van der Waals surface area contributed by atoms with Crippen LogP contribution in [0.3, 0.4) is 0 Å². The molecule has 2 saturated heterocycles. The van der Waals surface area contributed by atoms with Gasteiger partial charge in [-0.25, -0.2) is 0 Å². The number of carbonyl (C=O) groups is 3. The Bertz CT molecular complexity index is 1180. The van der Waals surface area contributed by atoms with Crippen molar-refractivity contribution in [1.82, 2.24) is 9.80 Å². The fraction of sp³-hybridized carbons (Fsp3) is 0.375. The van der Waals surface area contributed by atoms with E-state index in [-0.39, 0.29) is 5.76 Å². The Morgan fingerprint density at radius 2 is 1.97 bits per heavy atom. The van der Waals surface area contributed by atoms with Crippen LogP contribution >= 0.6 is 11.3 Å². The maximum atomic E-state index is 13.6. The monoisotopic (exact) mass is 468 g/mol. The molecule has 9 heteroatoms. The number of nitrogens with zero attached hydrogens (tertiary/aromatic N) is 2. The summed E-state index contributed by atoms with van der Waals surface area (Å²) in [7, 11) is 1.52. The van der Waals surface area contributed by atoms with Crippen LogP contribution in [-0.2, 0) is 14.3 Å². The number of furan rings is 1. The lowest BCUT2D eigenvalue weighted by molar-refractivity contribution is -0.141. The van der Waals surface area contributed by atoms with Crippen molar-refractivity contribution >= 4 is 39.8 Å². The molecule has 0 N–H and O–H groups in total. The molecule has 0 aliphatic carbocycles. The number of ketones is 2. The molecule has 3 aromatic rings. The van der Waals surface area contributed by atoms with Crippen LogP contribution in [0.2, 0.25) is 0 Å². The molecule has 0 spiro atoms. The molecule has 0 radical (unpaired) electrons. The molecule has 0 saturated carbocycles. The molecule has 33 heavy (non-hydrogen) atoms.